The minimum absolute atomic E-state index is 0.0687. The highest BCUT2D eigenvalue weighted by Gasteiger charge is 2.38. The number of carbonyl (C=O) groups is 1. The van der Waals surface area contributed by atoms with Crippen LogP contribution in [0.25, 0.3) is 11.3 Å². The number of aromatic amines is 1. The van der Waals surface area contributed by atoms with Gasteiger partial charge in [-0.05, 0) is 36.1 Å². The highest BCUT2D eigenvalue weighted by molar-refractivity contribution is 6.30. The van der Waals surface area contributed by atoms with Gasteiger partial charge < -0.3 is 24.8 Å². The fourth-order valence-electron chi connectivity index (χ4n) is 4.80. The van der Waals surface area contributed by atoms with Crippen LogP contribution in [0.1, 0.15) is 36.5 Å². The third-order valence-corrected chi connectivity index (χ3v) is 6.81. The van der Waals surface area contributed by atoms with Gasteiger partial charge in [-0.3, -0.25) is 5.10 Å². The lowest BCUT2D eigenvalue weighted by Gasteiger charge is -2.28. The van der Waals surface area contributed by atoms with Gasteiger partial charge in [0, 0.05) is 29.2 Å². The first-order valence-corrected chi connectivity index (χ1v) is 12.8. The summed E-state index contributed by atoms with van der Waals surface area (Å²) in [5.41, 5.74) is 10.2. The van der Waals surface area contributed by atoms with Crippen LogP contribution in [-0.2, 0) is 11.2 Å². The Hall–Kier alpha value is -4.00. The molecule has 0 aliphatic carbocycles. The Balaban J connectivity index is 1.59. The molecule has 3 heterocycles. The monoisotopic (exact) mass is 533 g/mol. The Kier molecular flexibility index (Phi) is 7.27. The van der Waals surface area contributed by atoms with Gasteiger partial charge in [0.15, 0.2) is 0 Å². The molecule has 2 aliphatic rings. The van der Waals surface area contributed by atoms with Gasteiger partial charge in [-0.25, -0.2) is 4.79 Å². The van der Waals surface area contributed by atoms with Gasteiger partial charge in [-0.2, -0.15) is 5.26 Å². The average molecular weight is 534 g/mol. The molecule has 9 nitrogen and oxygen atoms in total. The van der Waals surface area contributed by atoms with E-state index in [0.29, 0.717) is 54.1 Å². The molecule has 1 aromatic heterocycles. The van der Waals surface area contributed by atoms with E-state index in [1.54, 1.807) is 23.1 Å². The molecule has 38 heavy (non-hydrogen) atoms. The van der Waals surface area contributed by atoms with Crippen LogP contribution in [-0.4, -0.2) is 47.5 Å². The zero-order valence-corrected chi connectivity index (χ0v) is 21.9. The quantitative estimate of drug-likeness (QED) is 0.473. The van der Waals surface area contributed by atoms with Crippen LogP contribution in [0.5, 0.6) is 11.6 Å². The van der Waals surface area contributed by atoms with Crippen LogP contribution in [0.3, 0.4) is 0 Å². The number of aromatic nitrogens is 2. The Morgan fingerprint density at radius 1 is 1.26 bits per heavy atom. The maximum absolute atomic E-state index is 13.0. The lowest BCUT2D eigenvalue weighted by Crippen LogP contribution is -2.42. The number of allylic oxidation sites excluding steroid dienone is 1. The van der Waals surface area contributed by atoms with E-state index < -0.39 is 12.0 Å². The first-order chi connectivity index (χ1) is 18.4. The van der Waals surface area contributed by atoms with Crippen molar-refractivity contribution in [3.05, 3.63) is 75.6 Å². The van der Waals surface area contributed by atoms with Crippen molar-refractivity contribution in [3.63, 3.8) is 0 Å². The number of ether oxygens (including phenoxy) is 3. The van der Waals surface area contributed by atoms with Crippen molar-refractivity contribution in [2.75, 3.05) is 26.3 Å². The summed E-state index contributed by atoms with van der Waals surface area (Å²) in [6.07, 6.45) is 0.457. The number of H-pyrrole nitrogens is 1. The van der Waals surface area contributed by atoms with Gasteiger partial charge in [0.2, 0.25) is 11.8 Å². The van der Waals surface area contributed by atoms with E-state index in [1.807, 2.05) is 12.1 Å². The molecule has 0 radical (unpaired) electrons. The highest BCUT2D eigenvalue weighted by atomic mass is 35.5. The number of nitrogens with zero attached hydrogens (tertiary/aromatic N) is 3. The predicted molar refractivity (Wildman–Crippen MR) is 142 cm³/mol. The Bertz CT molecular complexity index is 1420. The number of carbonyl (C=O) groups excluding carboxylic acids is 1. The van der Waals surface area contributed by atoms with E-state index in [1.165, 1.54) is 5.56 Å². The smallest absolute Gasteiger partial charge is 0.415 e. The molecular formula is C28H28ClN5O4. The molecule has 1 fully saturated rings. The summed E-state index contributed by atoms with van der Waals surface area (Å²) in [6, 6.07) is 15.3. The molecule has 1 saturated heterocycles. The second-order valence-electron chi connectivity index (χ2n) is 9.69. The van der Waals surface area contributed by atoms with Gasteiger partial charge in [0.25, 0.3) is 0 Å². The molecule has 0 spiro atoms. The topological polar surface area (TPSA) is 126 Å². The maximum atomic E-state index is 13.0. The number of rotatable bonds is 5. The van der Waals surface area contributed by atoms with Gasteiger partial charge >= 0.3 is 6.09 Å². The third-order valence-electron chi connectivity index (χ3n) is 6.57. The van der Waals surface area contributed by atoms with Crippen LogP contribution >= 0.6 is 11.6 Å². The first kappa shape index (κ1) is 25.6. The van der Waals surface area contributed by atoms with Crippen molar-refractivity contribution in [1.82, 2.24) is 15.1 Å². The average Bonchev–Trinajstić information content (AvgIpc) is 3.32. The molecule has 1 atom stereocenters. The fourth-order valence-corrected chi connectivity index (χ4v) is 4.98. The maximum Gasteiger partial charge on any atom is 0.415 e. The Morgan fingerprint density at radius 3 is 2.68 bits per heavy atom. The normalized spacial score (nSPS) is 17.1. The predicted octanol–water partition coefficient (Wildman–Crippen LogP) is 4.98. The number of amides is 1. The zero-order valence-electron chi connectivity index (χ0n) is 21.2. The molecule has 196 valence electrons. The second-order valence-corrected chi connectivity index (χ2v) is 10.1. The van der Waals surface area contributed by atoms with Crippen LogP contribution in [0.15, 0.2) is 53.9 Å². The molecule has 0 saturated carbocycles. The summed E-state index contributed by atoms with van der Waals surface area (Å²) in [5, 5.41) is 17.9. The number of fused-ring (bicyclic) bond motifs is 1. The van der Waals surface area contributed by atoms with Crippen LogP contribution in [0.4, 0.5) is 4.79 Å². The Labute approximate surface area is 225 Å². The van der Waals surface area contributed by atoms with Gasteiger partial charge in [0.1, 0.15) is 17.4 Å². The van der Waals surface area contributed by atoms with Crippen LogP contribution in [0.2, 0.25) is 5.02 Å². The van der Waals surface area contributed by atoms with Gasteiger partial charge in [-0.15, -0.1) is 5.10 Å². The first-order valence-electron chi connectivity index (χ1n) is 12.4. The number of nitrogens with two attached hydrogens (primary N) is 1. The number of hydrogen-bond acceptors (Lipinski definition) is 7. The van der Waals surface area contributed by atoms with Crippen LogP contribution < -0.4 is 15.2 Å². The fraction of sp³-hybridized carbons (Fsp3) is 0.321. The lowest BCUT2D eigenvalue weighted by atomic mass is 9.82. The SMILES string of the molecule is CC(C)Cc1ccc(-c2[nH]nc3c2[C@@H](c2cc(Cl)ccc2OC(=O)N2CCOCC2)C(C#N)=C(N)O3)cc1. The van der Waals surface area contributed by atoms with E-state index in [9.17, 15) is 10.1 Å². The largest absolute Gasteiger partial charge is 0.420 e. The third kappa shape index (κ3) is 5.05. The Morgan fingerprint density at radius 2 is 2.00 bits per heavy atom. The van der Waals surface area contributed by atoms with E-state index in [2.05, 4.69) is 42.2 Å². The lowest BCUT2D eigenvalue weighted by molar-refractivity contribution is 0.0415. The molecule has 2 aliphatic heterocycles. The van der Waals surface area contributed by atoms with E-state index in [0.717, 1.165) is 12.0 Å². The van der Waals surface area contributed by atoms with Crippen molar-refractivity contribution in [2.45, 2.75) is 26.2 Å². The molecule has 1 amide bonds. The molecule has 5 rings (SSSR count). The summed E-state index contributed by atoms with van der Waals surface area (Å²) >= 11 is 6.41. The van der Waals surface area contributed by atoms with Gasteiger partial charge in [0.05, 0.1) is 30.4 Å². The van der Waals surface area contributed by atoms with Crippen LogP contribution in [0, 0.1) is 17.2 Å². The van der Waals surface area contributed by atoms with Crippen molar-refractivity contribution < 1.29 is 19.0 Å². The minimum atomic E-state index is -0.737. The summed E-state index contributed by atoms with van der Waals surface area (Å²) in [7, 11) is 0. The number of nitrogens with one attached hydrogen (secondary N) is 1. The summed E-state index contributed by atoms with van der Waals surface area (Å²) in [4.78, 5) is 14.5. The summed E-state index contributed by atoms with van der Waals surface area (Å²) in [6.45, 7) is 6.10. The number of nitriles is 1. The van der Waals surface area contributed by atoms with Crippen molar-refractivity contribution in [1.29, 1.82) is 5.26 Å². The summed E-state index contributed by atoms with van der Waals surface area (Å²) in [5.74, 6) is 0.243. The zero-order chi connectivity index (χ0) is 26.8. The van der Waals surface area contributed by atoms with E-state index >= 15 is 0 Å². The molecule has 10 heteroatoms. The molecular weight excluding hydrogens is 506 g/mol. The molecule has 0 bridgehead atoms. The second kappa shape index (κ2) is 10.8. The standard InChI is InChI=1S/C28H28ClN5O4/c1-16(2)13-17-3-5-18(6-4-17)25-24-23(21(15-30)26(31)38-27(24)33-32-25)20-14-19(29)7-8-22(20)37-28(35)34-9-11-36-12-10-34/h3-8,14,16,23H,9-13,31H2,1-2H3,(H,32,33)/t23-/m0/s1. The molecule has 0 unspecified atom stereocenters. The van der Waals surface area contributed by atoms with Crippen molar-refractivity contribution in [3.8, 4) is 29.0 Å². The molecule has 3 aromatic rings. The van der Waals surface area contributed by atoms with E-state index in [-0.39, 0.29) is 23.1 Å². The number of hydrogen-bond donors (Lipinski definition) is 2. The van der Waals surface area contributed by atoms with Crippen molar-refractivity contribution >= 4 is 17.7 Å². The summed E-state index contributed by atoms with van der Waals surface area (Å²) < 4.78 is 16.9. The molecule has 2 aromatic carbocycles. The van der Waals surface area contributed by atoms with E-state index in [4.69, 9.17) is 31.5 Å². The number of halogens is 1. The molecule has 3 N–H and O–H groups in total. The number of benzene rings is 2. The highest BCUT2D eigenvalue weighted by Crippen LogP contribution is 2.48. The minimum Gasteiger partial charge on any atom is -0.420 e. The van der Waals surface area contributed by atoms with Crippen molar-refractivity contribution in [2.24, 2.45) is 11.7 Å². The number of morpholine rings is 1. The van der Waals surface area contributed by atoms with Gasteiger partial charge in [-0.1, -0.05) is 49.7 Å².